The number of para-hydroxylation sites is 1. The lowest BCUT2D eigenvalue weighted by Crippen LogP contribution is -2.28. The van der Waals surface area contributed by atoms with Gasteiger partial charge in [0.05, 0.1) is 0 Å². The summed E-state index contributed by atoms with van der Waals surface area (Å²) < 4.78 is 5.36. The number of aromatic amines is 1. The molecule has 1 N–H and O–H groups in total. The predicted molar refractivity (Wildman–Crippen MR) is 71.7 cm³/mol. The summed E-state index contributed by atoms with van der Waals surface area (Å²) in [6, 6.07) is 9.60. The molecule has 0 fully saturated rings. The van der Waals surface area contributed by atoms with Crippen LogP contribution in [0.25, 0.3) is 10.9 Å². The van der Waals surface area contributed by atoms with E-state index in [9.17, 15) is 4.79 Å². The molecule has 4 nitrogen and oxygen atoms in total. The minimum absolute atomic E-state index is 0.126. The van der Waals surface area contributed by atoms with Gasteiger partial charge < -0.3 is 14.6 Å². The van der Waals surface area contributed by atoms with Crippen LogP contribution in [0, 0.1) is 0 Å². The normalized spacial score (nSPS) is 12.9. The third-order valence-electron chi connectivity index (χ3n) is 2.68. The summed E-state index contributed by atoms with van der Waals surface area (Å²) in [7, 11) is 3.90. The third kappa shape index (κ3) is 2.90. The highest BCUT2D eigenvalue weighted by Crippen LogP contribution is 2.15. The maximum atomic E-state index is 11.9. The molecule has 18 heavy (non-hydrogen) atoms. The van der Waals surface area contributed by atoms with Crippen molar-refractivity contribution in [3.05, 3.63) is 36.0 Å². The number of fused-ring (bicyclic) bond motifs is 1. The molecule has 96 valence electrons. The summed E-state index contributed by atoms with van der Waals surface area (Å²) in [6.07, 6.45) is -0.126. The zero-order valence-electron chi connectivity index (χ0n) is 10.9. The second kappa shape index (κ2) is 5.23. The molecule has 1 atom stereocenters. The summed E-state index contributed by atoms with van der Waals surface area (Å²) in [5, 5.41) is 1.02. The minimum atomic E-state index is -0.305. The van der Waals surface area contributed by atoms with Gasteiger partial charge in [-0.15, -0.1) is 0 Å². The van der Waals surface area contributed by atoms with E-state index in [-0.39, 0.29) is 12.1 Å². The van der Waals surface area contributed by atoms with Crippen LogP contribution in [-0.2, 0) is 4.74 Å². The third-order valence-corrected chi connectivity index (χ3v) is 2.68. The Morgan fingerprint density at radius 2 is 2.11 bits per heavy atom. The van der Waals surface area contributed by atoms with Crippen molar-refractivity contribution < 1.29 is 9.53 Å². The Balaban J connectivity index is 2.09. The van der Waals surface area contributed by atoms with E-state index in [0.29, 0.717) is 12.2 Å². The Morgan fingerprint density at radius 1 is 1.39 bits per heavy atom. The summed E-state index contributed by atoms with van der Waals surface area (Å²) in [6.45, 7) is 2.60. The Hall–Kier alpha value is -1.81. The maximum absolute atomic E-state index is 11.9. The Bertz CT molecular complexity index is 512. The number of aromatic nitrogens is 1. The quantitative estimate of drug-likeness (QED) is 0.842. The lowest BCUT2D eigenvalue weighted by atomic mass is 10.2. The molecule has 0 aliphatic rings. The molecule has 0 bridgehead atoms. The number of esters is 1. The molecule has 0 aliphatic heterocycles. The van der Waals surface area contributed by atoms with Crippen molar-refractivity contribution in [1.82, 2.24) is 9.88 Å². The first-order valence-electron chi connectivity index (χ1n) is 5.99. The number of rotatable bonds is 4. The number of ether oxygens (including phenoxy) is 1. The van der Waals surface area contributed by atoms with Crippen molar-refractivity contribution >= 4 is 16.9 Å². The van der Waals surface area contributed by atoms with Gasteiger partial charge in [0.25, 0.3) is 0 Å². The lowest BCUT2D eigenvalue weighted by molar-refractivity contribution is 0.0283. The zero-order valence-corrected chi connectivity index (χ0v) is 10.9. The van der Waals surface area contributed by atoms with Crippen molar-refractivity contribution in [3.8, 4) is 0 Å². The summed E-state index contributed by atoms with van der Waals surface area (Å²) in [5.41, 5.74) is 1.45. The highest BCUT2D eigenvalue weighted by atomic mass is 16.5. The lowest BCUT2D eigenvalue weighted by Gasteiger charge is -2.16. The Labute approximate surface area is 107 Å². The van der Waals surface area contributed by atoms with Crippen LogP contribution in [0.1, 0.15) is 17.4 Å². The number of carbonyl (C=O) groups excluding carboxylic acids is 1. The van der Waals surface area contributed by atoms with Crippen molar-refractivity contribution in [2.24, 2.45) is 0 Å². The maximum Gasteiger partial charge on any atom is 0.355 e. The Kier molecular flexibility index (Phi) is 3.67. The average Bonchev–Trinajstić information content (AvgIpc) is 2.71. The van der Waals surface area contributed by atoms with E-state index < -0.39 is 0 Å². The van der Waals surface area contributed by atoms with Gasteiger partial charge in [-0.05, 0) is 33.2 Å². The molecule has 0 amide bonds. The molecule has 1 heterocycles. The van der Waals surface area contributed by atoms with Gasteiger partial charge >= 0.3 is 5.97 Å². The molecule has 0 saturated heterocycles. The van der Waals surface area contributed by atoms with Gasteiger partial charge in [-0.2, -0.15) is 0 Å². The molecule has 2 aromatic rings. The molecule has 0 saturated carbocycles. The average molecular weight is 246 g/mol. The van der Waals surface area contributed by atoms with E-state index >= 15 is 0 Å². The van der Waals surface area contributed by atoms with Crippen LogP contribution < -0.4 is 0 Å². The second-order valence-electron chi connectivity index (χ2n) is 4.75. The van der Waals surface area contributed by atoms with Crippen molar-refractivity contribution in [1.29, 1.82) is 0 Å². The van der Waals surface area contributed by atoms with Gasteiger partial charge in [0.15, 0.2) is 0 Å². The first-order valence-corrected chi connectivity index (χ1v) is 5.99. The number of hydrogen-bond acceptors (Lipinski definition) is 3. The topological polar surface area (TPSA) is 45.3 Å². The number of H-pyrrole nitrogens is 1. The van der Waals surface area contributed by atoms with E-state index in [1.54, 1.807) is 0 Å². The number of hydrogen-bond donors (Lipinski definition) is 1. The summed E-state index contributed by atoms with van der Waals surface area (Å²) in [5.74, 6) is -0.305. The van der Waals surface area contributed by atoms with Gasteiger partial charge in [-0.25, -0.2) is 4.79 Å². The van der Waals surface area contributed by atoms with E-state index in [0.717, 1.165) is 10.9 Å². The van der Waals surface area contributed by atoms with Gasteiger partial charge in [-0.3, -0.25) is 0 Å². The van der Waals surface area contributed by atoms with Crippen LogP contribution in [0.2, 0.25) is 0 Å². The molecule has 1 aromatic heterocycles. The second-order valence-corrected chi connectivity index (χ2v) is 4.75. The SMILES string of the molecule is CC(CN(C)C)OC(=O)c1cc2ccccc2[nH]1. The molecule has 1 unspecified atom stereocenters. The van der Waals surface area contributed by atoms with Crippen molar-refractivity contribution in [3.63, 3.8) is 0 Å². The van der Waals surface area contributed by atoms with Crippen molar-refractivity contribution in [2.75, 3.05) is 20.6 Å². The Morgan fingerprint density at radius 3 is 2.78 bits per heavy atom. The fourth-order valence-electron chi connectivity index (χ4n) is 1.98. The standard InChI is InChI=1S/C14H18N2O2/c1-10(9-16(2)3)18-14(17)13-8-11-6-4-5-7-12(11)15-13/h4-8,10,15H,9H2,1-3H3. The minimum Gasteiger partial charge on any atom is -0.457 e. The zero-order chi connectivity index (χ0) is 13.1. The highest BCUT2D eigenvalue weighted by Gasteiger charge is 2.14. The largest absolute Gasteiger partial charge is 0.457 e. The van der Waals surface area contributed by atoms with Crippen LogP contribution in [0.5, 0.6) is 0 Å². The van der Waals surface area contributed by atoms with Gasteiger partial charge in [-0.1, -0.05) is 18.2 Å². The molecule has 0 aliphatic carbocycles. The summed E-state index contributed by atoms with van der Waals surface area (Å²) >= 11 is 0. The van der Waals surface area contributed by atoms with E-state index in [2.05, 4.69) is 4.98 Å². The predicted octanol–water partition coefficient (Wildman–Crippen LogP) is 2.27. The number of likely N-dealkylation sites (N-methyl/N-ethyl adjacent to an activating group) is 1. The molecule has 2 rings (SSSR count). The fourth-order valence-corrected chi connectivity index (χ4v) is 1.98. The monoisotopic (exact) mass is 246 g/mol. The number of carbonyl (C=O) groups is 1. The molecular formula is C14H18N2O2. The van der Waals surface area contributed by atoms with E-state index in [4.69, 9.17) is 4.74 Å². The van der Waals surface area contributed by atoms with Crippen LogP contribution in [0.3, 0.4) is 0 Å². The van der Waals surface area contributed by atoms with Gasteiger partial charge in [0.2, 0.25) is 0 Å². The molecule has 4 heteroatoms. The smallest absolute Gasteiger partial charge is 0.355 e. The number of benzene rings is 1. The van der Waals surface area contributed by atoms with Crippen LogP contribution in [-0.4, -0.2) is 42.6 Å². The van der Waals surface area contributed by atoms with Crippen LogP contribution in [0.15, 0.2) is 30.3 Å². The molecule has 1 aromatic carbocycles. The molecular weight excluding hydrogens is 228 g/mol. The van der Waals surface area contributed by atoms with Crippen molar-refractivity contribution in [2.45, 2.75) is 13.0 Å². The first kappa shape index (κ1) is 12.6. The van der Waals surface area contributed by atoms with Crippen LogP contribution in [0.4, 0.5) is 0 Å². The number of nitrogens with one attached hydrogen (secondary N) is 1. The molecule has 0 spiro atoms. The first-order chi connectivity index (χ1) is 8.56. The van der Waals surface area contributed by atoms with E-state index in [1.165, 1.54) is 0 Å². The van der Waals surface area contributed by atoms with Gasteiger partial charge in [0.1, 0.15) is 11.8 Å². The number of nitrogens with zero attached hydrogens (tertiary/aromatic N) is 1. The van der Waals surface area contributed by atoms with Crippen LogP contribution >= 0.6 is 0 Å². The highest BCUT2D eigenvalue weighted by molar-refractivity contribution is 5.94. The summed E-state index contributed by atoms with van der Waals surface area (Å²) in [4.78, 5) is 17.0. The van der Waals surface area contributed by atoms with E-state index in [1.807, 2.05) is 56.3 Å². The van der Waals surface area contributed by atoms with Gasteiger partial charge in [0, 0.05) is 17.4 Å². The fraction of sp³-hybridized carbons (Fsp3) is 0.357. The molecule has 0 radical (unpaired) electrons.